The summed E-state index contributed by atoms with van der Waals surface area (Å²) in [5.74, 6) is 0.920. The second kappa shape index (κ2) is 34.6. The summed E-state index contributed by atoms with van der Waals surface area (Å²) in [5.41, 5.74) is 10.6. The Labute approximate surface area is 359 Å². The Hall–Kier alpha value is -4.21. The van der Waals surface area contributed by atoms with Crippen molar-refractivity contribution in [3.63, 3.8) is 0 Å². The first-order valence-corrected chi connectivity index (χ1v) is 21.7. The number of hydrogen-bond donors (Lipinski definition) is 2. The van der Waals surface area contributed by atoms with E-state index in [0.29, 0.717) is 47.2 Å². The molecule has 0 amide bonds. The minimum Gasteiger partial charge on any atom is -0.493 e. The van der Waals surface area contributed by atoms with E-state index in [1.54, 1.807) is 32.3 Å². The number of nitrogens with zero attached hydrogens (tertiary/aromatic N) is 3. The van der Waals surface area contributed by atoms with Gasteiger partial charge >= 0.3 is 0 Å². The maximum Gasteiger partial charge on any atom is 0.270 e. The van der Waals surface area contributed by atoms with E-state index in [1.807, 2.05) is 39.8 Å². The monoisotopic (exact) mass is 828 g/mol. The molecule has 0 fully saturated rings. The number of Topliss-reactive ketones (excluding diaryl/α,β-unsaturated/α-hetero) is 1. The lowest BCUT2D eigenvalue weighted by Crippen LogP contribution is -2.21. The molecule has 0 aliphatic carbocycles. The van der Waals surface area contributed by atoms with E-state index in [2.05, 4.69) is 84.5 Å². The van der Waals surface area contributed by atoms with Crippen molar-refractivity contribution in [1.82, 2.24) is 4.98 Å². The molecule has 2 rings (SSSR count). The Morgan fingerprint density at radius 1 is 0.983 bits per heavy atom. The van der Waals surface area contributed by atoms with E-state index in [0.717, 1.165) is 80.2 Å². The predicted molar refractivity (Wildman–Crippen MR) is 252 cm³/mol. The second-order valence-corrected chi connectivity index (χ2v) is 15.5. The molecule has 10 heteroatoms. The van der Waals surface area contributed by atoms with E-state index < -0.39 is 5.92 Å². The molecule has 1 aromatic heterocycles. The Morgan fingerprint density at radius 2 is 1.58 bits per heavy atom. The van der Waals surface area contributed by atoms with Gasteiger partial charge in [0.05, 0.1) is 12.3 Å². The van der Waals surface area contributed by atoms with Crippen molar-refractivity contribution in [1.29, 1.82) is 0 Å². The first-order valence-electron chi connectivity index (χ1n) is 21.7. The number of carbonyl (C=O) groups is 2. The van der Waals surface area contributed by atoms with Crippen LogP contribution in [0.3, 0.4) is 0 Å². The molecule has 1 atom stereocenters. The minimum absolute atomic E-state index is 0.0261. The number of nitrogens with one attached hydrogen (secondary N) is 1. The van der Waals surface area contributed by atoms with Gasteiger partial charge < -0.3 is 20.6 Å². The number of aromatic nitrogens is 1. The van der Waals surface area contributed by atoms with E-state index in [-0.39, 0.29) is 11.5 Å². The van der Waals surface area contributed by atoms with E-state index in [9.17, 15) is 18.4 Å². The molecule has 0 aliphatic rings. The fourth-order valence-corrected chi connectivity index (χ4v) is 5.31. The van der Waals surface area contributed by atoms with Gasteiger partial charge in [-0.3, -0.25) is 9.79 Å². The number of unbranched alkanes of at least 4 members (excludes halogenated alkanes) is 2. The zero-order valence-corrected chi connectivity index (χ0v) is 40.1. The number of ether oxygens (including phenoxy) is 1. The maximum atomic E-state index is 12.7. The van der Waals surface area contributed by atoms with Crippen molar-refractivity contribution in [2.24, 2.45) is 39.4 Å². The largest absolute Gasteiger partial charge is 0.493 e. The molecule has 0 spiro atoms. The van der Waals surface area contributed by atoms with Crippen LogP contribution in [0, 0.1) is 23.7 Å². The lowest BCUT2D eigenvalue weighted by atomic mass is 9.88. The number of nitrogens with two attached hydrogens (primary N) is 1. The highest BCUT2D eigenvalue weighted by molar-refractivity contribution is 6.06. The molecule has 0 radical (unpaired) electrons. The van der Waals surface area contributed by atoms with Gasteiger partial charge in [0.2, 0.25) is 0 Å². The summed E-state index contributed by atoms with van der Waals surface area (Å²) in [4.78, 5) is 35.2. The van der Waals surface area contributed by atoms with Crippen molar-refractivity contribution < 1.29 is 23.1 Å². The number of ketones is 1. The standard InChI is InChI=1S/C29H45N3O2.C8H10F2N2.C6H12O.C4H10.C2H6/c1-9-12-13-24(17-20(4)5)22(8)32-28(27(21(6)7)29(30)31-16-10-2)25-15-14-23(19-33)18-26(25)34-11-3;1-8(9,10)6-3-4-12-7(5-6)11-2;1-3-4-5-6(2)7;1-4(2)3;1-2/h10,14-16,18-21,24H,9,11-13,17H2,1-8H3,(H2,30,31);3-5H,1-2H3,(H,11,12);3-5H2,1-2H3;4H,1-3H3;1-2H3/b16-10-,28-27+,32-22?;;;;. The van der Waals surface area contributed by atoms with Gasteiger partial charge in [-0.1, -0.05) is 108 Å². The van der Waals surface area contributed by atoms with Crippen LogP contribution in [0.5, 0.6) is 5.75 Å². The van der Waals surface area contributed by atoms with Crippen molar-refractivity contribution in [2.75, 3.05) is 19.0 Å². The number of benzene rings is 1. The molecular formula is C49H83F2N5O3. The third-order valence-corrected chi connectivity index (χ3v) is 8.11. The van der Waals surface area contributed by atoms with Crippen LogP contribution in [-0.2, 0) is 10.7 Å². The molecule has 336 valence electrons. The minimum atomic E-state index is -2.80. The maximum absolute atomic E-state index is 12.7. The number of carbonyl (C=O) groups excluding carboxylic acids is 2. The highest BCUT2D eigenvalue weighted by Crippen LogP contribution is 2.35. The number of halogens is 2. The molecule has 1 aromatic carbocycles. The highest BCUT2D eigenvalue weighted by Gasteiger charge is 2.24. The van der Waals surface area contributed by atoms with Crippen molar-refractivity contribution in [3.8, 4) is 5.75 Å². The van der Waals surface area contributed by atoms with Crippen LogP contribution < -0.4 is 15.8 Å². The summed E-state index contributed by atoms with van der Waals surface area (Å²) in [6.07, 6.45) is 13.2. The molecule has 0 aliphatic heterocycles. The third kappa shape index (κ3) is 28.0. The summed E-state index contributed by atoms with van der Waals surface area (Å²) in [6, 6.07) is 8.13. The highest BCUT2D eigenvalue weighted by atomic mass is 19.3. The zero-order chi connectivity index (χ0) is 46.1. The van der Waals surface area contributed by atoms with Crippen molar-refractivity contribution in [3.05, 3.63) is 71.1 Å². The first kappa shape index (κ1) is 59.1. The number of aliphatic imine (C=N–C) groups is 2. The Bertz CT molecular complexity index is 1550. The van der Waals surface area contributed by atoms with E-state index in [1.165, 1.54) is 24.8 Å². The molecule has 59 heavy (non-hydrogen) atoms. The van der Waals surface area contributed by atoms with Gasteiger partial charge in [0.25, 0.3) is 5.92 Å². The van der Waals surface area contributed by atoms with Crippen molar-refractivity contribution in [2.45, 2.75) is 162 Å². The average Bonchev–Trinajstić information content (AvgIpc) is 3.18. The molecule has 2 aromatic rings. The third-order valence-electron chi connectivity index (χ3n) is 8.11. The lowest BCUT2D eigenvalue weighted by Gasteiger charge is -2.22. The molecule has 0 bridgehead atoms. The number of anilines is 1. The van der Waals surface area contributed by atoms with Crippen LogP contribution in [0.2, 0.25) is 0 Å². The van der Waals surface area contributed by atoms with Crippen LogP contribution in [0.25, 0.3) is 5.70 Å². The van der Waals surface area contributed by atoms with Gasteiger partial charge in [0.15, 0.2) is 0 Å². The fraction of sp³-hybridized carbons (Fsp3) is 0.612. The lowest BCUT2D eigenvalue weighted by molar-refractivity contribution is -0.117. The second-order valence-electron chi connectivity index (χ2n) is 15.5. The number of hydrogen-bond acceptors (Lipinski definition) is 7. The zero-order valence-electron chi connectivity index (χ0n) is 40.1. The predicted octanol–water partition coefficient (Wildman–Crippen LogP) is 14.2. The average molecular weight is 828 g/mol. The van der Waals surface area contributed by atoms with Gasteiger partial charge in [0, 0.05) is 60.8 Å². The number of pyridine rings is 1. The first-order chi connectivity index (χ1) is 27.7. The SMILES string of the molecule is CC.CC(C)C.CCCCC(C)=O.CNc1cc(C(C)(F)F)ccn1.C\C=C/N=C(N)/C(=C(/N=C(C)C(CCCC)CC(C)C)c1ccc(C=O)cc1OCC)C(C)C. The number of aldehydes is 1. The summed E-state index contributed by atoms with van der Waals surface area (Å²) < 4.78 is 31.4. The molecule has 0 saturated heterocycles. The van der Waals surface area contributed by atoms with Crippen molar-refractivity contribution >= 4 is 35.1 Å². The molecule has 0 saturated carbocycles. The molecule has 3 N–H and O–H groups in total. The van der Waals surface area contributed by atoms with Crippen LogP contribution in [0.1, 0.15) is 177 Å². The molecule has 8 nitrogen and oxygen atoms in total. The number of rotatable bonds is 19. The Kier molecular flexibility index (Phi) is 34.7. The summed E-state index contributed by atoms with van der Waals surface area (Å²) >= 11 is 0. The number of allylic oxidation sites excluding steroid dienone is 1. The smallest absolute Gasteiger partial charge is 0.270 e. The van der Waals surface area contributed by atoms with Gasteiger partial charge in [-0.25, -0.2) is 18.8 Å². The van der Waals surface area contributed by atoms with Gasteiger partial charge in [-0.05, 0) is 94.9 Å². The molecular weight excluding hydrogens is 745 g/mol. The molecule has 1 heterocycles. The summed E-state index contributed by atoms with van der Waals surface area (Å²) in [5, 5.41) is 2.70. The number of amidine groups is 1. The van der Waals surface area contributed by atoms with E-state index in [4.69, 9.17) is 15.5 Å². The Balaban J connectivity index is -0.00000101. The van der Waals surface area contributed by atoms with Gasteiger partial charge in [0.1, 0.15) is 29.5 Å². The van der Waals surface area contributed by atoms with Gasteiger partial charge in [-0.15, -0.1) is 0 Å². The fourth-order valence-electron chi connectivity index (χ4n) is 5.31. The number of alkyl halides is 2. The summed E-state index contributed by atoms with van der Waals surface area (Å²) in [6.45, 7) is 32.5. The Morgan fingerprint density at radius 3 is 2.00 bits per heavy atom. The normalized spacial score (nSPS) is 12.5. The topological polar surface area (TPSA) is 119 Å². The van der Waals surface area contributed by atoms with Gasteiger partial charge in [-0.2, -0.15) is 0 Å². The quantitative estimate of drug-likeness (QED) is 0.0827. The summed E-state index contributed by atoms with van der Waals surface area (Å²) in [7, 11) is 1.64. The molecule has 1 unspecified atom stereocenters. The van der Waals surface area contributed by atoms with Crippen LogP contribution in [-0.4, -0.2) is 42.3 Å². The van der Waals surface area contributed by atoms with Crippen LogP contribution in [0.15, 0.2) is 64.4 Å². The van der Waals surface area contributed by atoms with E-state index >= 15 is 0 Å². The van der Waals surface area contributed by atoms with Crippen LogP contribution in [0.4, 0.5) is 14.6 Å². The van der Waals surface area contributed by atoms with Crippen LogP contribution >= 0.6 is 0 Å².